The summed E-state index contributed by atoms with van der Waals surface area (Å²) in [5.41, 5.74) is -1.15. The lowest BCUT2D eigenvalue weighted by molar-refractivity contribution is -0.393. The zero-order valence-corrected chi connectivity index (χ0v) is 26.0. The predicted octanol–water partition coefficient (Wildman–Crippen LogP) is 4.98. The summed E-state index contributed by atoms with van der Waals surface area (Å²) >= 11 is 0. The fraction of sp³-hybridized carbons (Fsp3) is 0.538. The van der Waals surface area contributed by atoms with E-state index < -0.39 is 32.3 Å². The Balaban J connectivity index is 1.29. The maximum Gasteiger partial charge on any atom is 0.299 e. The summed E-state index contributed by atoms with van der Waals surface area (Å²) in [4.78, 5) is 42.3. The summed E-state index contributed by atoms with van der Waals surface area (Å²) < 4.78 is 22.9. The van der Waals surface area contributed by atoms with E-state index in [1.54, 1.807) is 21.6 Å². The monoisotopic (exact) mass is 684 g/mol. The normalized spacial score (nSPS) is 16.6. The van der Waals surface area contributed by atoms with Crippen LogP contribution >= 0.6 is 21.6 Å². The second kappa shape index (κ2) is 17.2. The first kappa shape index (κ1) is 35.0. The molecule has 2 heterocycles. The zero-order chi connectivity index (χ0) is 33.1. The van der Waals surface area contributed by atoms with Crippen LogP contribution in [0.25, 0.3) is 0 Å². The number of ether oxygens (including phenoxy) is 4. The molecule has 0 aliphatic carbocycles. The van der Waals surface area contributed by atoms with Crippen LogP contribution in [0.2, 0.25) is 0 Å². The number of hydrogen-bond acceptors (Lipinski definition) is 16. The Hall–Kier alpha value is -3.82. The molecule has 0 aromatic heterocycles. The van der Waals surface area contributed by atoms with Gasteiger partial charge in [-0.15, -0.1) is 0 Å². The van der Waals surface area contributed by atoms with Crippen molar-refractivity contribution in [2.24, 2.45) is 11.8 Å². The molecular weight excluding hydrogens is 652 g/mol. The summed E-state index contributed by atoms with van der Waals surface area (Å²) in [6, 6.07) is 6.90. The van der Waals surface area contributed by atoms with Gasteiger partial charge in [0.1, 0.15) is 11.4 Å². The molecule has 2 N–H and O–H groups in total. The van der Waals surface area contributed by atoms with E-state index in [9.17, 15) is 40.5 Å². The largest absolute Gasteiger partial charge is 0.379 e. The predicted molar refractivity (Wildman–Crippen MR) is 169 cm³/mol. The molecule has 20 heteroatoms. The van der Waals surface area contributed by atoms with Crippen molar-refractivity contribution in [3.63, 3.8) is 0 Å². The fourth-order valence-corrected chi connectivity index (χ4v) is 7.63. The number of nitro benzene ring substituents is 4. The van der Waals surface area contributed by atoms with Crippen LogP contribution in [0.1, 0.15) is 12.8 Å². The number of nitro groups is 4. The Kier molecular flexibility index (Phi) is 13.1. The SMILES string of the molecule is O=[N+]([O-])c1ccc(NCCC(CSSCC(CCNc2ccc([N+](=O)[O-])cc2[N+](=O)[O-])C2OCCO2)C2OCCO2)c([N+](=O)[O-])c1. The summed E-state index contributed by atoms with van der Waals surface area (Å²) in [7, 11) is 3.19. The van der Waals surface area contributed by atoms with E-state index in [0.29, 0.717) is 63.9 Å². The Morgan fingerprint density at radius 3 is 1.33 bits per heavy atom. The van der Waals surface area contributed by atoms with Crippen molar-refractivity contribution in [1.82, 2.24) is 0 Å². The Morgan fingerprint density at radius 1 is 0.630 bits per heavy atom. The topological polar surface area (TPSA) is 234 Å². The number of nitrogens with one attached hydrogen (secondary N) is 2. The highest BCUT2D eigenvalue weighted by molar-refractivity contribution is 8.76. The molecule has 2 fully saturated rings. The van der Waals surface area contributed by atoms with E-state index in [-0.39, 0.29) is 46.0 Å². The van der Waals surface area contributed by atoms with Gasteiger partial charge >= 0.3 is 0 Å². The Bertz CT molecular complexity index is 1290. The van der Waals surface area contributed by atoms with Crippen molar-refractivity contribution >= 4 is 55.7 Å². The lowest BCUT2D eigenvalue weighted by Gasteiger charge is -2.24. The molecule has 46 heavy (non-hydrogen) atoms. The molecule has 18 nitrogen and oxygen atoms in total. The summed E-state index contributed by atoms with van der Waals surface area (Å²) in [6.07, 6.45) is 0.201. The average molecular weight is 685 g/mol. The number of rotatable bonds is 19. The van der Waals surface area contributed by atoms with Crippen molar-refractivity contribution in [3.8, 4) is 0 Å². The van der Waals surface area contributed by atoms with Crippen LogP contribution < -0.4 is 10.6 Å². The van der Waals surface area contributed by atoms with E-state index in [0.717, 1.165) is 12.1 Å². The van der Waals surface area contributed by atoms with Crippen LogP contribution in [0.4, 0.5) is 34.1 Å². The second-order valence-corrected chi connectivity index (χ2v) is 12.7. The number of hydrogen-bond donors (Lipinski definition) is 2. The lowest BCUT2D eigenvalue weighted by atomic mass is 10.1. The van der Waals surface area contributed by atoms with Gasteiger partial charge in [0.05, 0.1) is 58.3 Å². The van der Waals surface area contributed by atoms with E-state index in [1.807, 2.05) is 0 Å². The minimum absolute atomic E-state index is 0.0635. The van der Waals surface area contributed by atoms with E-state index in [4.69, 9.17) is 18.9 Å². The Morgan fingerprint density at radius 2 is 1.00 bits per heavy atom. The van der Waals surface area contributed by atoms with Crippen molar-refractivity contribution in [1.29, 1.82) is 0 Å². The van der Waals surface area contributed by atoms with Crippen molar-refractivity contribution in [3.05, 3.63) is 76.9 Å². The Labute approximate surface area is 269 Å². The van der Waals surface area contributed by atoms with E-state index in [2.05, 4.69) is 10.6 Å². The molecule has 2 saturated heterocycles. The van der Waals surface area contributed by atoms with Crippen molar-refractivity contribution in [2.75, 3.05) is 61.7 Å². The first-order valence-corrected chi connectivity index (χ1v) is 16.7. The highest BCUT2D eigenvalue weighted by atomic mass is 33.1. The summed E-state index contributed by atoms with van der Waals surface area (Å²) in [5.74, 6) is 1.13. The van der Waals surface area contributed by atoms with Gasteiger partial charge in [-0.1, -0.05) is 21.6 Å². The van der Waals surface area contributed by atoms with Crippen molar-refractivity contribution < 1.29 is 38.6 Å². The highest BCUT2D eigenvalue weighted by Gasteiger charge is 2.30. The summed E-state index contributed by atoms with van der Waals surface area (Å²) in [5, 5.41) is 51.0. The molecule has 2 atom stereocenters. The minimum Gasteiger partial charge on any atom is -0.379 e. The number of anilines is 2. The molecule has 2 aliphatic rings. The standard InChI is InChI=1S/C26H32N6O12S2/c33-29(34)19-1-3-21(23(13-19)31(37)38)27-7-5-17(25-41-9-10-42-25)15-45-46-16-18(26-43-11-12-44-26)6-8-28-22-4-2-20(30(35)36)14-24(22)32(39)40/h1-4,13-14,17-18,25-28H,5-12,15-16H2. The van der Waals surface area contributed by atoms with Gasteiger partial charge in [-0.05, 0) is 25.0 Å². The molecule has 250 valence electrons. The third-order valence-corrected chi connectivity index (χ3v) is 9.76. The first-order chi connectivity index (χ1) is 22.1. The van der Waals surface area contributed by atoms with Crippen LogP contribution in [0.3, 0.4) is 0 Å². The van der Waals surface area contributed by atoms with Gasteiger partial charge in [-0.3, -0.25) is 40.5 Å². The highest BCUT2D eigenvalue weighted by Crippen LogP contribution is 2.35. The van der Waals surface area contributed by atoms with Gasteiger partial charge in [-0.25, -0.2) is 0 Å². The van der Waals surface area contributed by atoms with Crippen LogP contribution in [-0.4, -0.2) is 83.3 Å². The molecule has 0 radical (unpaired) electrons. The van der Waals surface area contributed by atoms with Crippen LogP contribution in [-0.2, 0) is 18.9 Å². The van der Waals surface area contributed by atoms with Crippen LogP contribution in [0.15, 0.2) is 36.4 Å². The molecule has 4 rings (SSSR count). The number of benzene rings is 2. The van der Waals surface area contributed by atoms with Gasteiger partial charge in [0.15, 0.2) is 12.6 Å². The van der Waals surface area contributed by atoms with Gasteiger partial charge in [0, 0.05) is 48.6 Å². The minimum atomic E-state index is -0.687. The number of non-ortho nitro benzene ring substituents is 2. The molecule has 0 spiro atoms. The molecule has 0 amide bonds. The third-order valence-electron chi connectivity index (χ3n) is 7.15. The zero-order valence-electron chi connectivity index (χ0n) is 24.3. The lowest BCUT2D eigenvalue weighted by Crippen LogP contribution is -2.27. The average Bonchev–Trinajstić information content (AvgIpc) is 3.76. The van der Waals surface area contributed by atoms with Gasteiger partial charge in [-0.2, -0.15) is 0 Å². The maximum atomic E-state index is 11.5. The number of nitrogens with zero attached hydrogens (tertiary/aromatic N) is 4. The molecule has 2 aromatic rings. The maximum absolute atomic E-state index is 11.5. The van der Waals surface area contributed by atoms with Crippen molar-refractivity contribution in [2.45, 2.75) is 25.4 Å². The third kappa shape index (κ3) is 9.84. The molecular formula is C26H32N6O12S2. The van der Waals surface area contributed by atoms with E-state index >= 15 is 0 Å². The molecule has 2 aliphatic heterocycles. The van der Waals surface area contributed by atoms with Gasteiger partial charge in [0.2, 0.25) is 0 Å². The van der Waals surface area contributed by atoms with Crippen LogP contribution in [0, 0.1) is 52.3 Å². The molecule has 0 bridgehead atoms. The molecule has 2 aromatic carbocycles. The second-order valence-electron chi connectivity index (χ2n) is 10.2. The van der Waals surface area contributed by atoms with E-state index in [1.165, 1.54) is 24.3 Å². The van der Waals surface area contributed by atoms with Crippen LogP contribution in [0.5, 0.6) is 0 Å². The van der Waals surface area contributed by atoms with Gasteiger partial charge in [0.25, 0.3) is 22.7 Å². The fourth-order valence-electron chi connectivity index (χ4n) is 4.82. The summed E-state index contributed by atoms with van der Waals surface area (Å²) in [6.45, 7) is 2.50. The smallest absolute Gasteiger partial charge is 0.299 e. The molecule has 0 saturated carbocycles. The quantitative estimate of drug-likeness (QED) is 0.0858. The molecule has 2 unspecified atom stereocenters. The first-order valence-electron chi connectivity index (χ1n) is 14.2. The van der Waals surface area contributed by atoms with Gasteiger partial charge < -0.3 is 29.6 Å².